The minimum absolute atomic E-state index is 0.0869. The summed E-state index contributed by atoms with van der Waals surface area (Å²) in [5.74, 6) is 0. The van der Waals surface area contributed by atoms with Crippen LogP contribution in [0.3, 0.4) is 0 Å². The summed E-state index contributed by atoms with van der Waals surface area (Å²) in [6.45, 7) is 0. The molecule has 0 aliphatic heterocycles. The number of hydrogen-bond donors (Lipinski definition) is 2. The lowest BCUT2D eigenvalue weighted by atomic mass is 9.96. The Morgan fingerprint density at radius 1 is 0.972 bits per heavy atom. The summed E-state index contributed by atoms with van der Waals surface area (Å²) in [5.41, 5.74) is 0.477. The molecule has 36 heavy (non-hydrogen) atoms. The lowest BCUT2D eigenvalue weighted by molar-refractivity contribution is 0.607. The van der Waals surface area contributed by atoms with Crippen molar-refractivity contribution in [3.63, 3.8) is 0 Å². The van der Waals surface area contributed by atoms with Crippen molar-refractivity contribution < 1.29 is 8.42 Å². The number of nitrogens with one attached hydrogen (secondary N) is 2. The number of fused-ring (bicyclic) bond motifs is 1. The van der Waals surface area contributed by atoms with Crippen LogP contribution >= 0.6 is 0 Å². The topological polar surface area (TPSA) is 124 Å². The molecule has 2 aromatic heterocycles. The number of nitrogens with zero attached hydrogens (tertiary/aromatic N) is 3. The highest BCUT2D eigenvalue weighted by atomic mass is 32.2. The molecule has 1 fully saturated rings. The Balaban J connectivity index is 1.85. The molecule has 1 aliphatic rings. The van der Waals surface area contributed by atoms with E-state index in [1.165, 1.54) is 32.9 Å². The van der Waals surface area contributed by atoms with Crippen LogP contribution in [0.2, 0.25) is 0 Å². The van der Waals surface area contributed by atoms with E-state index in [1.807, 2.05) is 0 Å². The van der Waals surface area contributed by atoms with Gasteiger partial charge in [0.2, 0.25) is 10.0 Å². The van der Waals surface area contributed by atoms with Crippen molar-refractivity contribution in [1.82, 2.24) is 13.7 Å². The minimum Gasteiger partial charge on any atom is -0.355 e. The van der Waals surface area contributed by atoms with Crippen LogP contribution in [-0.2, 0) is 17.1 Å². The second kappa shape index (κ2) is 8.56. The molecule has 2 heterocycles. The molecule has 0 unspecified atom stereocenters. The highest BCUT2D eigenvalue weighted by Gasteiger charge is 2.31. The molecule has 5 rings (SSSR count). The molecule has 4 aromatic rings. The zero-order chi connectivity index (χ0) is 25.8. The zero-order valence-electron chi connectivity index (χ0n) is 19.6. The Kier molecular flexibility index (Phi) is 5.63. The van der Waals surface area contributed by atoms with E-state index < -0.39 is 26.8 Å². The summed E-state index contributed by atoms with van der Waals surface area (Å²) < 4.78 is 29.7. The van der Waals surface area contributed by atoms with Gasteiger partial charge in [0.15, 0.2) is 0 Å². The van der Waals surface area contributed by atoms with E-state index in [0.29, 0.717) is 29.7 Å². The first kappa shape index (κ1) is 23.7. The molecule has 1 aliphatic carbocycles. The van der Waals surface area contributed by atoms with Gasteiger partial charge in [0.05, 0.1) is 23.3 Å². The van der Waals surface area contributed by atoms with Crippen LogP contribution in [0, 0.1) is 0 Å². The number of hydrogen-bond acceptors (Lipinski definition) is 6. The molecule has 0 amide bonds. The van der Waals surface area contributed by atoms with Gasteiger partial charge in [-0.2, -0.15) is 0 Å². The molecule has 1 saturated carbocycles. The monoisotopic (exact) mass is 503 g/mol. The van der Waals surface area contributed by atoms with Crippen LogP contribution in [0.15, 0.2) is 69.0 Å². The summed E-state index contributed by atoms with van der Waals surface area (Å²) in [5, 5.41) is 3.28. The summed E-state index contributed by atoms with van der Waals surface area (Å²) in [6.07, 6.45) is 2.39. The summed E-state index contributed by atoms with van der Waals surface area (Å²) in [4.78, 5) is 40.3. The first-order chi connectivity index (χ1) is 17.0. The van der Waals surface area contributed by atoms with Crippen molar-refractivity contribution in [2.24, 2.45) is 7.05 Å². The summed E-state index contributed by atoms with van der Waals surface area (Å²) in [7, 11) is 3.68. The minimum atomic E-state index is -3.57. The van der Waals surface area contributed by atoms with Crippen molar-refractivity contribution in [3.8, 4) is 5.69 Å². The summed E-state index contributed by atoms with van der Waals surface area (Å²) >= 11 is 0. The first-order valence-electron chi connectivity index (χ1n) is 11.2. The van der Waals surface area contributed by atoms with E-state index >= 15 is 0 Å². The van der Waals surface area contributed by atoms with Gasteiger partial charge in [-0.05, 0) is 43.2 Å². The fourth-order valence-electron chi connectivity index (χ4n) is 4.19. The highest BCUT2D eigenvalue weighted by molar-refractivity contribution is 7.92. The number of aromatic nitrogens is 3. The Morgan fingerprint density at radius 3 is 2.31 bits per heavy atom. The second-order valence-corrected chi connectivity index (χ2v) is 10.6. The zero-order valence-corrected chi connectivity index (χ0v) is 20.4. The van der Waals surface area contributed by atoms with Crippen LogP contribution in [-0.4, -0.2) is 36.2 Å². The molecule has 0 saturated heterocycles. The summed E-state index contributed by atoms with van der Waals surface area (Å²) in [6, 6.07) is 14.1. The van der Waals surface area contributed by atoms with E-state index in [-0.39, 0.29) is 28.5 Å². The molecule has 0 bridgehead atoms. The third-order valence-corrected chi connectivity index (χ3v) is 6.57. The number of sulfonamides is 1. The van der Waals surface area contributed by atoms with Gasteiger partial charge in [0, 0.05) is 24.8 Å². The number of rotatable bonds is 6. The first-order valence-corrected chi connectivity index (χ1v) is 13.0. The van der Waals surface area contributed by atoms with Gasteiger partial charge in [0.1, 0.15) is 18.9 Å². The van der Waals surface area contributed by atoms with E-state index in [9.17, 15) is 22.8 Å². The van der Waals surface area contributed by atoms with E-state index in [0.717, 1.165) is 6.26 Å². The van der Waals surface area contributed by atoms with Crippen molar-refractivity contribution >= 4 is 51.4 Å². The lowest BCUT2D eigenvalue weighted by Gasteiger charge is -2.19. The highest BCUT2D eigenvalue weighted by Crippen LogP contribution is 2.33. The normalized spacial score (nSPS) is 13.6. The van der Waals surface area contributed by atoms with Gasteiger partial charge in [-0.25, -0.2) is 17.8 Å². The third kappa shape index (κ3) is 4.35. The Hall–Kier alpha value is -4.06. The lowest BCUT2D eigenvalue weighted by Crippen LogP contribution is -2.41. The van der Waals surface area contributed by atoms with Crippen molar-refractivity contribution in [2.75, 3.05) is 16.3 Å². The number of aryl methyl sites for hydroxylation is 1. The second-order valence-electron chi connectivity index (χ2n) is 8.85. The molecule has 0 spiro atoms. The van der Waals surface area contributed by atoms with Gasteiger partial charge < -0.3 is 5.32 Å². The van der Waals surface area contributed by atoms with Gasteiger partial charge in [-0.15, -0.1) is 0 Å². The Bertz CT molecular complexity index is 1800. The average molecular weight is 503 g/mol. The fourth-order valence-corrected chi connectivity index (χ4v) is 4.75. The number of anilines is 3. The van der Waals surface area contributed by atoms with Gasteiger partial charge >= 0.3 is 5.69 Å². The molecule has 10 nitrogen and oxygen atoms in total. The van der Waals surface area contributed by atoms with Crippen LogP contribution in [0.5, 0.6) is 0 Å². The van der Waals surface area contributed by atoms with Crippen LogP contribution in [0.4, 0.5) is 17.1 Å². The van der Waals surface area contributed by atoms with Crippen LogP contribution in [0.25, 0.3) is 16.7 Å². The van der Waals surface area contributed by atoms with E-state index in [2.05, 4.69) is 10.0 Å². The van der Waals surface area contributed by atoms with Crippen LogP contribution < -0.4 is 32.3 Å². The van der Waals surface area contributed by atoms with Crippen molar-refractivity contribution in [2.45, 2.75) is 18.9 Å². The molecular weight excluding hydrogens is 481 g/mol. The molecule has 2 aromatic carbocycles. The van der Waals surface area contributed by atoms with Crippen molar-refractivity contribution in [1.29, 1.82) is 0 Å². The SMILES string of the molecule is [B]c1ccc(Nc2cc(=O)n(C)c3c2c(=O)n(C2CC2)c(=O)n3-c2cccc(NS(C)(=O)=O)c2)cc1. The number of pyridine rings is 1. The quantitative estimate of drug-likeness (QED) is 0.380. The molecule has 2 N–H and O–H groups in total. The fraction of sp³-hybridized carbons (Fsp3) is 0.208. The molecule has 182 valence electrons. The van der Waals surface area contributed by atoms with Crippen LogP contribution in [0.1, 0.15) is 18.9 Å². The molecular formula is C24H22BN5O5S. The van der Waals surface area contributed by atoms with Gasteiger partial charge in [0.25, 0.3) is 11.1 Å². The predicted octanol–water partition coefficient (Wildman–Crippen LogP) is 1.09. The smallest absolute Gasteiger partial charge is 0.337 e. The maximum atomic E-state index is 13.7. The molecule has 0 atom stereocenters. The van der Waals surface area contributed by atoms with E-state index in [4.69, 9.17) is 7.85 Å². The van der Waals surface area contributed by atoms with E-state index in [1.54, 1.807) is 42.5 Å². The van der Waals surface area contributed by atoms with Gasteiger partial charge in [-0.1, -0.05) is 23.7 Å². The van der Waals surface area contributed by atoms with Crippen molar-refractivity contribution in [3.05, 3.63) is 85.8 Å². The predicted molar refractivity (Wildman–Crippen MR) is 141 cm³/mol. The van der Waals surface area contributed by atoms with Gasteiger partial charge in [-0.3, -0.25) is 23.4 Å². The maximum absolute atomic E-state index is 13.7. The third-order valence-electron chi connectivity index (χ3n) is 5.96. The largest absolute Gasteiger partial charge is 0.355 e. The molecule has 2 radical (unpaired) electrons. The standard InChI is InChI=1S/C24H22BN5O5S/c1-28-20(31)13-19(26-15-8-6-14(25)7-9-15)21-22(28)29(24(33)30(23(21)32)17-10-11-17)18-5-3-4-16(12-18)27-36(2,34)35/h3-9,12-13,17,26-27H,10-11H2,1-2H3. The molecule has 12 heteroatoms. The maximum Gasteiger partial charge on any atom is 0.337 e. The number of benzene rings is 2. The Labute approximate surface area is 207 Å². The average Bonchev–Trinajstić information content (AvgIpc) is 3.63. The Morgan fingerprint density at radius 2 is 1.67 bits per heavy atom.